The van der Waals surface area contributed by atoms with Gasteiger partial charge in [-0.2, -0.15) is 0 Å². The molecule has 2 aliphatic rings. The Morgan fingerprint density at radius 3 is 0.979 bits per heavy atom. The van der Waals surface area contributed by atoms with Crippen LogP contribution in [0.4, 0.5) is 0 Å². The molecule has 0 aromatic carbocycles. The van der Waals surface area contributed by atoms with Crippen LogP contribution in [0.15, 0.2) is 0 Å². The molecule has 0 saturated carbocycles. The average Bonchev–Trinajstić information content (AvgIpc) is 2.94. The number of rotatable bonds is 21. The van der Waals surface area contributed by atoms with Crippen molar-refractivity contribution >= 4 is 15.6 Å². The van der Waals surface area contributed by atoms with E-state index >= 15 is 0 Å². The van der Waals surface area contributed by atoms with Crippen molar-refractivity contribution in [3.8, 4) is 0 Å². The smallest absolute Gasteiger partial charge is 0.387 e. The van der Waals surface area contributed by atoms with Gasteiger partial charge in [-0.3, -0.25) is 9.05 Å². The molecule has 22 nitrogen and oxygen atoms in total. The quantitative estimate of drug-likeness (QED) is 0.0514. The molecule has 2 saturated heterocycles. The maximum absolute atomic E-state index is 10.9. The first-order chi connectivity index (χ1) is 20.6. The SMILES string of the molecule is N.N.N.N.O=P(O)(O)OC[C@H]1O[C@H](OCCCCCCCCCCCCO[C@H]2O[C@H](COP(=O)(O)O)[C@@H](O)[C@H](O)[C@@H]2O)[C@@H](O)[C@@H](O)[C@@H]1O. The van der Waals surface area contributed by atoms with Gasteiger partial charge in [0.05, 0.1) is 13.2 Å². The van der Waals surface area contributed by atoms with Crippen molar-refractivity contribution < 1.29 is 87.3 Å². The summed E-state index contributed by atoms with van der Waals surface area (Å²) in [7, 11) is -9.62. The first-order valence-corrected chi connectivity index (χ1v) is 17.7. The molecule has 24 heteroatoms. The van der Waals surface area contributed by atoms with Gasteiger partial charge in [0.15, 0.2) is 12.6 Å². The Kier molecular flexibility index (Phi) is 27.7. The minimum Gasteiger partial charge on any atom is -0.387 e. The molecule has 0 radical (unpaired) electrons. The van der Waals surface area contributed by atoms with Crippen molar-refractivity contribution in [2.75, 3.05) is 26.4 Å². The minimum atomic E-state index is -4.81. The molecule has 48 heavy (non-hydrogen) atoms. The summed E-state index contributed by atoms with van der Waals surface area (Å²) in [5.41, 5.74) is 0. The summed E-state index contributed by atoms with van der Waals surface area (Å²) in [6.45, 7) is -0.963. The maximum atomic E-state index is 10.9. The Labute approximate surface area is 279 Å². The molecule has 2 rings (SSSR count). The van der Waals surface area contributed by atoms with E-state index in [0.29, 0.717) is 12.8 Å². The summed E-state index contributed by atoms with van der Waals surface area (Å²) < 4.78 is 52.0. The van der Waals surface area contributed by atoms with E-state index in [4.69, 9.17) is 38.5 Å². The molecule has 0 bridgehead atoms. The van der Waals surface area contributed by atoms with Crippen LogP contribution in [0.25, 0.3) is 0 Å². The highest BCUT2D eigenvalue weighted by Crippen LogP contribution is 2.38. The lowest BCUT2D eigenvalue weighted by molar-refractivity contribution is -0.300. The van der Waals surface area contributed by atoms with Gasteiger partial charge in [0.2, 0.25) is 0 Å². The van der Waals surface area contributed by atoms with Crippen LogP contribution in [0.3, 0.4) is 0 Å². The number of hydrogen-bond acceptors (Lipinski definition) is 18. The third-order valence-electron chi connectivity index (χ3n) is 7.25. The fourth-order valence-corrected chi connectivity index (χ4v) is 5.42. The van der Waals surface area contributed by atoms with Crippen LogP contribution in [0, 0.1) is 0 Å². The molecular formula is C24H60N4O18P2. The summed E-state index contributed by atoms with van der Waals surface area (Å²) in [5, 5.41) is 60.0. The molecule has 2 heterocycles. The van der Waals surface area contributed by atoms with E-state index in [-0.39, 0.29) is 37.8 Å². The normalized spacial score (nSPS) is 30.7. The zero-order valence-corrected chi connectivity index (χ0v) is 28.9. The molecule has 0 spiro atoms. The predicted molar refractivity (Wildman–Crippen MR) is 168 cm³/mol. The van der Waals surface area contributed by atoms with E-state index < -0.39 is 90.3 Å². The Morgan fingerprint density at radius 2 is 0.708 bits per heavy atom. The highest BCUT2D eigenvalue weighted by Gasteiger charge is 2.46. The van der Waals surface area contributed by atoms with Crippen molar-refractivity contribution in [1.29, 1.82) is 0 Å². The Bertz CT molecular complexity index is 837. The summed E-state index contributed by atoms with van der Waals surface area (Å²) in [5.74, 6) is 0. The van der Waals surface area contributed by atoms with Gasteiger partial charge in [0, 0.05) is 13.2 Å². The van der Waals surface area contributed by atoms with Crippen molar-refractivity contribution in [3.63, 3.8) is 0 Å². The van der Waals surface area contributed by atoms with Gasteiger partial charge < -0.3 is 93.8 Å². The largest absolute Gasteiger partial charge is 0.469 e. The van der Waals surface area contributed by atoms with Gasteiger partial charge in [0.25, 0.3) is 0 Å². The molecule has 0 aromatic rings. The highest BCUT2D eigenvalue weighted by molar-refractivity contribution is 7.46. The van der Waals surface area contributed by atoms with E-state index in [0.717, 1.165) is 51.4 Å². The maximum Gasteiger partial charge on any atom is 0.469 e. The second-order valence-electron chi connectivity index (χ2n) is 10.9. The molecule has 0 unspecified atom stereocenters. The molecule has 22 N–H and O–H groups in total. The first kappa shape index (κ1) is 52.0. The van der Waals surface area contributed by atoms with Crippen LogP contribution in [-0.2, 0) is 37.1 Å². The fraction of sp³-hybridized carbons (Fsp3) is 1.00. The van der Waals surface area contributed by atoms with E-state index in [1.807, 2.05) is 0 Å². The topological polar surface area (TPSA) is 432 Å². The first-order valence-electron chi connectivity index (χ1n) is 14.6. The Hall–Kier alpha value is -0.340. The molecular weight excluding hydrogens is 694 g/mol. The molecule has 2 fully saturated rings. The number of unbranched alkanes of at least 4 members (excludes halogenated alkanes) is 9. The van der Waals surface area contributed by atoms with Gasteiger partial charge in [-0.1, -0.05) is 51.4 Å². The van der Waals surface area contributed by atoms with Gasteiger partial charge >= 0.3 is 15.6 Å². The van der Waals surface area contributed by atoms with E-state index in [1.54, 1.807) is 0 Å². The van der Waals surface area contributed by atoms with Crippen LogP contribution in [0.2, 0.25) is 0 Å². The average molecular weight is 755 g/mol. The van der Waals surface area contributed by atoms with Crippen molar-refractivity contribution in [3.05, 3.63) is 0 Å². The standard InChI is InChI=1S/C24H48O18P2.4H3N/c25-17-15(13-39-43(31,32)33)41-23(21(29)19(17)27)37-11-9-7-5-3-1-2-4-6-8-10-12-38-24-22(30)20(28)18(26)16(42-24)14-40-44(34,35)36;;;;/h15-30H,1-14H2,(H2,31,32,33)(H2,34,35,36);4*1H3/t15-,16-,17-,18-,19+,20+,21+,22+,23+,24+;;;;/m1..../s1. The summed E-state index contributed by atoms with van der Waals surface area (Å²) in [6.07, 6.45) is -5.69. The lowest BCUT2D eigenvalue weighted by Gasteiger charge is -2.40. The van der Waals surface area contributed by atoms with Crippen molar-refractivity contribution in [1.82, 2.24) is 24.6 Å². The molecule has 0 aromatic heterocycles. The van der Waals surface area contributed by atoms with Crippen molar-refractivity contribution in [2.24, 2.45) is 0 Å². The molecule has 0 aliphatic carbocycles. The second kappa shape index (κ2) is 25.6. The summed E-state index contributed by atoms with van der Waals surface area (Å²) in [6, 6.07) is 0. The number of aliphatic hydroxyl groups excluding tert-OH is 6. The monoisotopic (exact) mass is 754 g/mol. The Morgan fingerprint density at radius 1 is 0.438 bits per heavy atom. The van der Waals surface area contributed by atoms with Crippen LogP contribution in [0.5, 0.6) is 0 Å². The number of aliphatic hydroxyl groups is 6. The van der Waals surface area contributed by atoms with Gasteiger partial charge in [-0.15, -0.1) is 0 Å². The number of phosphoric ester groups is 2. The molecule has 0 amide bonds. The van der Waals surface area contributed by atoms with E-state index in [2.05, 4.69) is 9.05 Å². The van der Waals surface area contributed by atoms with Crippen LogP contribution < -0.4 is 24.6 Å². The van der Waals surface area contributed by atoms with E-state index in [9.17, 15) is 39.8 Å². The van der Waals surface area contributed by atoms with Crippen LogP contribution >= 0.6 is 15.6 Å². The second-order valence-corrected chi connectivity index (χ2v) is 13.4. The lowest BCUT2D eigenvalue weighted by atomic mass is 9.99. The molecule has 10 atom stereocenters. The van der Waals surface area contributed by atoms with Gasteiger partial charge in [0.1, 0.15) is 48.8 Å². The van der Waals surface area contributed by atoms with Crippen molar-refractivity contribution in [2.45, 2.75) is 126 Å². The molecule has 294 valence electrons. The summed E-state index contributed by atoms with van der Waals surface area (Å²) in [4.78, 5) is 35.3. The summed E-state index contributed by atoms with van der Waals surface area (Å²) >= 11 is 0. The zero-order valence-electron chi connectivity index (χ0n) is 27.1. The Balaban J connectivity index is -0.00000506. The van der Waals surface area contributed by atoms with Gasteiger partial charge in [-0.25, -0.2) is 9.13 Å². The van der Waals surface area contributed by atoms with Crippen LogP contribution in [-0.4, -0.2) is 138 Å². The number of hydrogen-bond donors (Lipinski definition) is 14. The third-order valence-corrected chi connectivity index (χ3v) is 8.22. The van der Waals surface area contributed by atoms with Crippen LogP contribution in [0.1, 0.15) is 64.2 Å². The minimum absolute atomic E-state index is 0. The number of phosphoric acid groups is 2. The third kappa shape index (κ3) is 19.3. The fourth-order valence-electron chi connectivity index (χ4n) is 4.74. The predicted octanol–water partition coefficient (Wildman–Crippen LogP) is -0.598. The van der Waals surface area contributed by atoms with E-state index in [1.165, 1.54) is 0 Å². The lowest BCUT2D eigenvalue weighted by Crippen LogP contribution is -2.59. The van der Waals surface area contributed by atoms with Gasteiger partial charge in [-0.05, 0) is 12.8 Å². The highest BCUT2D eigenvalue weighted by atomic mass is 31.2. The zero-order chi connectivity index (χ0) is 32.9. The number of ether oxygens (including phenoxy) is 4. The molecule has 2 aliphatic heterocycles.